The number of hydrogen-bond donors (Lipinski definition) is 1. The Balaban J connectivity index is 1.82. The van der Waals surface area contributed by atoms with Crippen LogP contribution in [0.15, 0.2) is 54.6 Å². The number of hydrogen-bond acceptors (Lipinski definition) is 10. The highest BCUT2D eigenvalue weighted by Crippen LogP contribution is 2.37. The number of anilines is 1. The summed E-state index contributed by atoms with van der Waals surface area (Å²) in [7, 11) is 1.45. The largest absolute Gasteiger partial charge is 0.494 e. The molecule has 40 heavy (non-hydrogen) atoms. The molecule has 12 nitrogen and oxygen atoms in total. The molecular formula is C26H25FN6O6S. The van der Waals surface area contributed by atoms with E-state index < -0.39 is 27.7 Å². The number of nitrogens with zero attached hydrogens (tertiary/aromatic N) is 5. The number of ether oxygens (including phenoxy) is 4. The molecule has 0 radical (unpaired) electrons. The monoisotopic (exact) mass is 568 g/mol. The Morgan fingerprint density at radius 2 is 1.70 bits per heavy atom. The average molecular weight is 569 g/mol. The summed E-state index contributed by atoms with van der Waals surface area (Å²) in [5, 5.41) is 17.7. The van der Waals surface area contributed by atoms with Crippen LogP contribution in [0.25, 0.3) is 17.2 Å². The first-order chi connectivity index (χ1) is 19.2. The summed E-state index contributed by atoms with van der Waals surface area (Å²) >= 11 is 0. The fourth-order valence-corrected chi connectivity index (χ4v) is 5.21. The maximum atomic E-state index is 13.7. The highest BCUT2D eigenvalue weighted by Gasteiger charge is 2.28. The minimum absolute atomic E-state index is 0.0460. The summed E-state index contributed by atoms with van der Waals surface area (Å²) in [6, 6.07) is 15.3. The van der Waals surface area contributed by atoms with Crippen LogP contribution in [0, 0.1) is 17.1 Å². The molecule has 0 spiro atoms. The Bertz CT molecular complexity index is 1650. The minimum Gasteiger partial charge on any atom is -0.494 e. The third-order valence-corrected chi connectivity index (χ3v) is 7.07. The first kappa shape index (κ1) is 28.3. The van der Waals surface area contributed by atoms with Crippen molar-refractivity contribution >= 4 is 16.0 Å². The molecule has 14 heteroatoms. The van der Waals surface area contributed by atoms with Gasteiger partial charge < -0.3 is 18.9 Å². The van der Waals surface area contributed by atoms with E-state index in [0.29, 0.717) is 28.8 Å². The molecule has 4 aromatic rings. The number of methoxy groups -OCH3 is 4. The van der Waals surface area contributed by atoms with Crippen molar-refractivity contribution in [2.45, 2.75) is 6.10 Å². The third kappa shape index (κ3) is 5.80. The smallest absolute Gasteiger partial charge is 0.243 e. The highest BCUT2D eigenvalue weighted by molar-refractivity contribution is 7.92. The second kappa shape index (κ2) is 12.0. The van der Waals surface area contributed by atoms with Gasteiger partial charge in [0.1, 0.15) is 28.7 Å². The van der Waals surface area contributed by atoms with Crippen LogP contribution in [-0.2, 0) is 14.8 Å². The Hall–Kier alpha value is -4.74. The zero-order chi connectivity index (χ0) is 28.9. The molecule has 0 aliphatic rings. The topological polar surface area (TPSA) is 150 Å². The van der Waals surface area contributed by atoms with E-state index in [1.807, 2.05) is 6.07 Å². The van der Waals surface area contributed by atoms with E-state index in [1.54, 1.807) is 36.4 Å². The summed E-state index contributed by atoms with van der Waals surface area (Å²) in [4.78, 5) is 4.41. The van der Waals surface area contributed by atoms with Gasteiger partial charge in [-0.15, -0.1) is 10.2 Å². The van der Waals surface area contributed by atoms with Gasteiger partial charge in [0.15, 0.2) is 5.82 Å². The molecule has 208 valence electrons. The van der Waals surface area contributed by atoms with E-state index >= 15 is 0 Å². The van der Waals surface area contributed by atoms with Crippen LogP contribution in [0.2, 0.25) is 0 Å². The zero-order valence-electron chi connectivity index (χ0n) is 22.0. The van der Waals surface area contributed by atoms with Gasteiger partial charge in [-0.25, -0.2) is 17.8 Å². The maximum absolute atomic E-state index is 13.7. The molecule has 0 unspecified atom stereocenters. The van der Waals surface area contributed by atoms with Crippen molar-refractivity contribution in [3.8, 4) is 40.7 Å². The molecule has 0 amide bonds. The third-order valence-electron chi connectivity index (χ3n) is 5.84. The fourth-order valence-electron chi connectivity index (χ4n) is 4.00. The Morgan fingerprint density at radius 3 is 2.33 bits per heavy atom. The summed E-state index contributed by atoms with van der Waals surface area (Å²) in [5.41, 5.74) is 0.801. The van der Waals surface area contributed by atoms with Crippen molar-refractivity contribution in [2.24, 2.45) is 0 Å². The maximum Gasteiger partial charge on any atom is 0.243 e. The molecule has 0 saturated carbocycles. The number of nitriles is 1. The molecular weight excluding hydrogens is 543 g/mol. The van der Waals surface area contributed by atoms with Gasteiger partial charge in [0.25, 0.3) is 0 Å². The van der Waals surface area contributed by atoms with E-state index in [9.17, 15) is 18.1 Å². The van der Waals surface area contributed by atoms with Crippen molar-refractivity contribution < 1.29 is 31.8 Å². The molecule has 2 aromatic heterocycles. The van der Waals surface area contributed by atoms with Crippen LogP contribution in [0.3, 0.4) is 0 Å². The van der Waals surface area contributed by atoms with Gasteiger partial charge in [-0.3, -0.25) is 9.29 Å². The number of pyridine rings is 1. The van der Waals surface area contributed by atoms with Gasteiger partial charge in [-0.2, -0.15) is 5.26 Å². The van der Waals surface area contributed by atoms with Crippen molar-refractivity contribution in [1.82, 2.24) is 19.7 Å². The summed E-state index contributed by atoms with van der Waals surface area (Å²) < 4.78 is 66.1. The van der Waals surface area contributed by atoms with Crippen LogP contribution in [0.1, 0.15) is 17.2 Å². The second-order valence-electron chi connectivity index (χ2n) is 8.21. The summed E-state index contributed by atoms with van der Waals surface area (Å²) in [5.74, 6) is -0.311. The average Bonchev–Trinajstić information content (AvgIpc) is 3.37. The lowest BCUT2D eigenvalue weighted by atomic mass is 10.0. The molecule has 0 aliphatic heterocycles. The van der Waals surface area contributed by atoms with Gasteiger partial charge in [-0.05, 0) is 35.9 Å². The quantitative estimate of drug-likeness (QED) is 0.285. The first-order valence-electron chi connectivity index (χ1n) is 11.7. The molecule has 4 rings (SSSR count). The molecule has 0 saturated heterocycles. The zero-order valence-corrected chi connectivity index (χ0v) is 22.8. The van der Waals surface area contributed by atoms with E-state index in [-0.39, 0.29) is 22.9 Å². The SMILES string of the molecule is COc1cccc(-c2nnc(NS(=O)(=O)C[C@H](OC)c3ccc(F)cc3C#N)n2-c2c(OC)cccc2OC)n1. The Kier molecular flexibility index (Phi) is 8.46. The lowest BCUT2D eigenvalue weighted by Gasteiger charge is -2.19. The Labute approximate surface area is 230 Å². The van der Waals surface area contributed by atoms with Gasteiger partial charge in [0.2, 0.25) is 21.9 Å². The summed E-state index contributed by atoms with van der Waals surface area (Å²) in [6.45, 7) is 0. The molecule has 1 N–H and O–H groups in total. The van der Waals surface area contributed by atoms with Crippen molar-refractivity contribution in [1.29, 1.82) is 5.26 Å². The molecule has 0 bridgehead atoms. The number of rotatable bonds is 11. The van der Waals surface area contributed by atoms with Gasteiger partial charge in [-0.1, -0.05) is 18.2 Å². The standard InChI is InChI=1S/C26H25FN6O6S/c1-36-20-8-6-9-21(37-2)24(20)33-25(19-7-5-10-23(29-19)39-4)30-31-26(33)32-40(34,35)15-22(38-3)18-12-11-17(27)13-16(18)14-28/h5-13,22H,15H2,1-4H3,(H,31,32)/t22-/m0/s1. The lowest BCUT2D eigenvalue weighted by molar-refractivity contribution is 0.121. The number of halogens is 1. The fraction of sp³-hybridized carbons (Fsp3) is 0.231. The first-order valence-corrected chi connectivity index (χ1v) is 13.3. The molecule has 2 aromatic carbocycles. The number of sulfonamides is 1. The van der Waals surface area contributed by atoms with Gasteiger partial charge >= 0.3 is 0 Å². The predicted octanol–water partition coefficient (Wildman–Crippen LogP) is 3.50. The normalized spacial score (nSPS) is 11.9. The highest BCUT2D eigenvalue weighted by atomic mass is 32.2. The summed E-state index contributed by atoms with van der Waals surface area (Å²) in [6.07, 6.45) is -1.09. The number of para-hydroxylation sites is 1. The van der Waals surface area contributed by atoms with Crippen LogP contribution in [0.4, 0.5) is 10.3 Å². The molecule has 0 fully saturated rings. The van der Waals surface area contributed by atoms with E-state index in [2.05, 4.69) is 19.9 Å². The van der Waals surface area contributed by atoms with Crippen LogP contribution < -0.4 is 18.9 Å². The minimum atomic E-state index is -4.21. The van der Waals surface area contributed by atoms with E-state index in [0.717, 1.165) is 12.1 Å². The molecule has 0 aliphatic carbocycles. The van der Waals surface area contributed by atoms with Gasteiger partial charge in [0.05, 0.1) is 44.8 Å². The van der Waals surface area contributed by atoms with E-state index in [1.165, 1.54) is 39.1 Å². The molecule has 1 atom stereocenters. The lowest BCUT2D eigenvalue weighted by Crippen LogP contribution is -2.25. The predicted molar refractivity (Wildman–Crippen MR) is 143 cm³/mol. The van der Waals surface area contributed by atoms with Gasteiger partial charge in [0, 0.05) is 13.2 Å². The second-order valence-corrected chi connectivity index (χ2v) is 9.98. The Morgan fingerprint density at radius 1 is 1.00 bits per heavy atom. The van der Waals surface area contributed by atoms with Crippen LogP contribution in [-0.4, -0.2) is 62.4 Å². The number of nitrogens with one attached hydrogen (secondary N) is 1. The van der Waals surface area contributed by atoms with E-state index in [4.69, 9.17) is 18.9 Å². The van der Waals surface area contributed by atoms with Crippen molar-refractivity contribution in [3.63, 3.8) is 0 Å². The van der Waals surface area contributed by atoms with Crippen LogP contribution in [0.5, 0.6) is 17.4 Å². The van der Waals surface area contributed by atoms with Crippen molar-refractivity contribution in [2.75, 3.05) is 38.9 Å². The van der Waals surface area contributed by atoms with Crippen LogP contribution >= 0.6 is 0 Å². The number of aromatic nitrogens is 4. The number of benzene rings is 2. The van der Waals surface area contributed by atoms with Crippen molar-refractivity contribution in [3.05, 3.63) is 71.5 Å². The molecule has 2 heterocycles.